The van der Waals surface area contributed by atoms with Gasteiger partial charge in [-0.3, -0.25) is 5.41 Å². The van der Waals surface area contributed by atoms with Crippen molar-refractivity contribution in [2.75, 3.05) is 12.8 Å². The molecule has 0 atom stereocenters. The van der Waals surface area contributed by atoms with Gasteiger partial charge in [0.15, 0.2) is 0 Å². The first-order chi connectivity index (χ1) is 16.0. The lowest BCUT2D eigenvalue weighted by Crippen LogP contribution is -2.16. The fourth-order valence-corrected chi connectivity index (χ4v) is 3.41. The largest absolute Gasteiger partial charge is 0.465 e. The first kappa shape index (κ1) is 21.6. The van der Waals surface area contributed by atoms with E-state index in [0.29, 0.717) is 34.0 Å². The zero-order chi connectivity index (χ0) is 23.4. The number of carbonyl (C=O) groups is 1. The van der Waals surface area contributed by atoms with Gasteiger partial charge in [-0.1, -0.05) is 30.3 Å². The summed E-state index contributed by atoms with van der Waals surface area (Å²) in [6.07, 6.45) is 0. The Bertz CT molecular complexity index is 1300. The second kappa shape index (κ2) is 9.23. The summed E-state index contributed by atoms with van der Waals surface area (Å²) in [5.74, 6) is 0.804. The molecule has 164 valence electrons. The number of nitrogens with one attached hydrogen (secondary N) is 1. The van der Waals surface area contributed by atoms with Gasteiger partial charge in [-0.2, -0.15) is 0 Å². The summed E-state index contributed by atoms with van der Waals surface area (Å²) < 4.78 is 10.6. The highest BCUT2D eigenvalue weighted by atomic mass is 16.5. The van der Waals surface area contributed by atoms with Crippen molar-refractivity contribution in [2.24, 2.45) is 5.73 Å². The fourth-order valence-electron chi connectivity index (χ4n) is 3.41. The van der Waals surface area contributed by atoms with E-state index in [1.54, 1.807) is 30.3 Å². The number of nitrogens with two attached hydrogens (primary N) is 2. The van der Waals surface area contributed by atoms with Crippen LogP contribution in [0.2, 0.25) is 0 Å². The average Bonchev–Trinajstić information content (AvgIpc) is 2.84. The van der Waals surface area contributed by atoms with E-state index in [2.05, 4.69) is 0 Å². The van der Waals surface area contributed by atoms with Crippen LogP contribution in [0.3, 0.4) is 0 Å². The second-order valence-corrected chi connectivity index (χ2v) is 7.24. The molecule has 0 saturated heterocycles. The number of anilines is 1. The minimum absolute atomic E-state index is 0.174. The Morgan fingerprint density at radius 2 is 1.48 bits per heavy atom. The van der Waals surface area contributed by atoms with Gasteiger partial charge >= 0.3 is 5.97 Å². The average molecular weight is 438 g/mol. The van der Waals surface area contributed by atoms with E-state index in [0.717, 1.165) is 16.9 Å². The van der Waals surface area contributed by atoms with E-state index in [9.17, 15) is 4.79 Å². The van der Waals surface area contributed by atoms with Crippen molar-refractivity contribution in [1.82, 2.24) is 4.98 Å². The molecular formula is C26H22N4O3. The number of rotatable bonds is 6. The Balaban J connectivity index is 1.71. The Kier molecular flexibility index (Phi) is 6.04. The van der Waals surface area contributed by atoms with Crippen LogP contribution < -0.4 is 16.2 Å². The monoisotopic (exact) mass is 438 g/mol. The maximum Gasteiger partial charge on any atom is 0.337 e. The van der Waals surface area contributed by atoms with E-state index >= 15 is 0 Å². The predicted octanol–water partition coefficient (Wildman–Crippen LogP) is 4.86. The summed E-state index contributed by atoms with van der Waals surface area (Å²) in [5, 5.41) is 8.01. The normalized spacial score (nSPS) is 10.5. The molecule has 0 spiro atoms. The van der Waals surface area contributed by atoms with E-state index in [1.807, 2.05) is 54.6 Å². The second-order valence-electron chi connectivity index (χ2n) is 7.24. The molecule has 0 aliphatic carbocycles. The molecule has 0 aliphatic heterocycles. The first-order valence-corrected chi connectivity index (χ1v) is 10.1. The Labute approximate surface area is 191 Å². The Morgan fingerprint density at radius 1 is 0.879 bits per heavy atom. The van der Waals surface area contributed by atoms with Crippen molar-refractivity contribution in [3.63, 3.8) is 0 Å². The van der Waals surface area contributed by atoms with Gasteiger partial charge in [0.05, 0.1) is 29.6 Å². The molecule has 0 bridgehead atoms. The highest BCUT2D eigenvalue weighted by Crippen LogP contribution is 2.32. The molecule has 5 N–H and O–H groups in total. The minimum Gasteiger partial charge on any atom is -0.465 e. The van der Waals surface area contributed by atoms with Gasteiger partial charge in [0, 0.05) is 16.8 Å². The van der Waals surface area contributed by atoms with Gasteiger partial charge in [0.1, 0.15) is 17.3 Å². The van der Waals surface area contributed by atoms with Crippen LogP contribution in [0.15, 0.2) is 84.9 Å². The van der Waals surface area contributed by atoms with Crippen molar-refractivity contribution < 1.29 is 14.3 Å². The van der Waals surface area contributed by atoms with Crippen LogP contribution in [-0.4, -0.2) is 23.9 Å². The van der Waals surface area contributed by atoms with Crippen molar-refractivity contribution in [2.45, 2.75) is 0 Å². The molecule has 4 aromatic rings. The fraction of sp³-hybridized carbons (Fsp3) is 0.0385. The van der Waals surface area contributed by atoms with Gasteiger partial charge in [-0.15, -0.1) is 0 Å². The number of nitrogens with zero attached hydrogens (tertiary/aromatic N) is 1. The molecule has 1 aromatic heterocycles. The summed E-state index contributed by atoms with van der Waals surface area (Å²) >= 11 is 0. The van der Waals surface area contributed by atoms with Gasteiger partial charge < -0.3 is 20.9 Å². The molecule has 4 rings (SSSR count). The summed E-state index contributed by atoms with van der Waals surface area (Å²) in [5.41, 5.74) is 15.8. The lowest BCUT2D eigenvalue weighted by Gasteiger charge is -2.14. The molecule has 3 aromatic carbocycles. The van der Waals surface area contributed by atoms with E-state index in [-0.39, 0.29) is 5.84 Å². The van der Waals surface area contributed by atoms with Crippen molar-refractivity contribution in [1.29, 1.82) is 5.41 Å². The number of pyridine rings is 1. The van der Waals surface area contributed by atoms with Gasteiger partial charge in [0.2, 0.25) is 0 Å². The third-order valence-corrected chi connectivity index (χ3v) is 5.03. The number of hydrogen-bond acceptors (Lipinski definition) is 6. The summed E-state index contributed by atoms with van der Waals surface area (Å²) in [4.78, 5) is 16.5. The number of methoxy groups -OCH3 is 1. The number of esters is 1. The zero-order valence-corrected chi connectivity index (χ0v) is 17.9. The van der Waals surface area contributed by atoms with Gasteiger partial charge in [0.25, 0.3) is 0 Å². The maximum absolute atomic E-state index is 11.7. The molecule has 0 aliphatic rings. The standard InChI is InChI=1S/C26H22N4O3/c1-32-26(31)18-9-7-16(8-10-18)22-15-21(27)23(25(28)29)24(30-22)17-11-13-20(14-12-17)33-19-5-3-2-4-6-19/h2-15H,1H3,(H2,27,30)(H3,28,29). The number of hydrogen-bond donors (Lipinski definition) is 3. The van der Waals surface area contributed by atoms with Crippen LogP contribution in [0.25, 0.3) is 22.5 Å². The van der Waals surface area contributed by atoms with Crippen molar-refractivity contribution >= 4 is 17.5 Å². The van der Waals surface area contributed by atoms with E-state index in [4.69, 9.17) is 31.3 Å². The van der Waals surface area contributed by atoms with Crippen LogP contribution in [-0.2, 0) is 4.74 Å². The highest BCUT2D eigenvalue weighted by molar-refractivity contribution is 6.06. The third-order valence-electron chi connectivity index (χ3n) is 5.03. The topological polar surface area (TPSA) is 124 Å². The zero-order valence-electron chi connectivity index (χ0n) is 17.9. The number of benzene rings is 3. The highest BCUT2D eigenvalue weighted by Gasteiger charge is 2.17. The molecule has 0 unspecified atom stereocenters. The van der Waals surface area contributed by atoms with Crippen molar-refractivity contribution in [3.05, 3.63) is 96.1 Å². The van der Waals surface area contributed by atoms with Crippen molar-refractivity contribution in [3.8, 4) is 34.0 Å². The molecule has 7 heteroatoms. The SMILES string of the molecule is COC(=O)c1ccc(-c2cc(N)c(C(=N)N)c(-c3ccc(Oc4ccccc4)cc3)n2)cc1. The number of ether oxygens (including phenoxy) is 2. The number of para-hydroxylation sites is 1. The smallest absolute Gasteiger partial charge is 0.337 e. The predicted molar refractivity (Wildman–Crippen MR) is 128 cm³/mol. The first-order valence-electron chi connectivity index (χ1n) is 10.1. The number of carbonyl (C=O) groups excluding carboxylic acids is 1. The minimum atomic E-state index is -0.417. The number of amidine groups is 1. The van der Waals surface area contributed by atoms with Crippen LogP contribution >= 0.6 is 0 Å². The molecule has 0 saturated carbocycles. The summed E-state index contributed by atoms with van der Waals surface area (Å²) in [7, 11) is 1.33. The molecule has 0 fully saturated rings. The molecule has 33 heavy (non-hydrogen) atoms. The summed E-state index contributed by atoms with van der Waals surface area (Å²) in [6.45, 7) is 0. The Morgan fingerprint density at radius 3 is 2.09 bits per heavy atom. The summed E-state index contributed by atoms with van der Waals surface area (Å²) in [6, 6.07) is 25.3. The van der Waals surface area contributed by atoms with Crippen LogP contribution in [0, 0.1) is 5.41 Å². The molecule has 7 nitrogen and oxygen atoms in total. The third kappa shape index (κ3) is 4.67. The van der Waals surface area contributed by atoms with Gasteiger partial charge in [-0.05, 0) is 54.6 Å². The quantitative estimate of drug-likeness (QED) is 0.224. The lowest BCUT2D eigenvalue weighted by atomic mass is 10.00. The number of nitrogen functional groups attached to an aromatic ring is 2. The van der Waals surface area contributed by atoms with E-state index in [1.165, 1.54) is 7.11 Å². The molecular weight excluding hydrogens is 416 g/mol. The molecule has 0 amide bonds. The Hall–Kier alpha value is -4.65. The van der Waals surface area contributed by atoms with Crippen LogP contribution in [0.4, 0.5) is 5.69 Å². The van der Waals surface area contributed by atoms with Crippen LogP contribution in [0.5, 0.6) is 11.5 Å². The molecule has 0 radical (unpaired) electrons. The van der Waals surface area contributed by atoms with Gasteiger partial charge in [-0.25, -0.2) is 9.78 Å². The van der Waals surface area contributed by atoms with E-state index < -0.39 is 5.97 Å². The molecule has 1 heterocycles. The number of aromatic nitrogens is 1. The lowest BCUT2D eigenvalue weighted by molar-refractivity contribution is 0.0600. The maximum atomic E-state index is 11.7. The van der Waals surface area contributed by atoms with Crippen LogP contribution in [0.1, 0.15) is 15.9 Å².